The lowest BCUT2D eigenvalue weighted by atomic mass is 9.86. The lowest BCUT2D eigenvalue weighted by Gasteiger charge is -2.36. The molecule has 4 rings (SSSR count). The van der Waals surface area contributed by atoms with Gasteiger partial charge in [0.15, 0.2) is 5.60 Å². The lowest BCUT2D eigenvalue weighted by molar-refractivity contribution is -0.131. The highest BCUT2D eigenvalue weighted by Gasteiger charge is 2.41. The highest BCUT2D eigenvalue weighted by atomic mass is 16.5. The molecule has 2 heterocycles. The number of benzene rings is 2. The number of anilines is 1. The third kappa shape index (κ3) is 3.22. The zero-order valence-electron chi connectivity index (χ0n) is 17.9. The van der Waals surface area contributed by atoms with Crippen molar-refractivity contribution in [3.05, 3.63) is 52.6 Å². The summed E-state index contributed by atoms with van der Waals surface area (Å²) in [5, 5.41) is 14.2. The van der Waals surface area contributed by atoms with Crippen LogP contribution >= 0.6 is 0 Å². The summed E-state index contributed by atoms with van der Waals surface area (Å²) in [6.45, 7) is 7.46. The molecule has 2 N–H and O–H groups in total. The van der Waals surface area contributed by atoms with Crippen LogP contribution < -0.4 is 14.8 Å². The monoisotopic (exact) mass is 406 g/mol. The van der Waals surface area contributed by atoms with E-state index in [2.05, 4.69) is 10.3 Å². The van der Waals surface area contributed by atoms with Crippen molar-refractivity contribution in [3.8, 4) is 17.2 Å². The molecule has 0 saturated heterocycles. The molecule has 6 nitrogen and oxygen atoms in total. The van der Waals surface area contributed by atoms with Gasteiger partial charge in [-0.05, 0) is 81.1 Å². The van der Waals surface area contributed by atoms with Crippen molar-refractivity contribution in [1.29, 1.82) is 0 Å². The molecule has 1 aliphatic rings. The zero-order valence-corrected chi connectivity index (χ0v) is 17.9. The predicted octanol–water partition coefficient (Wildman–Crippen LogP) is 4.60. The first-order valence-corrected chi connectivity index (χ1v) is 10.0. The summed E-state index contributed by atoms with van der Waals surface area (Å²) in [4.78, 5) is 17.7. The maximum absolute atomic E-state index is 13.1. The summed E-state index contributed by atoms with van der Waals surface area (Å²) >= 11 is 0. The van der Waals surface area contributed by atoms with Crippen LogP contribution in [0.3, 0.4) is 0 Å². The standard InChI is InChI=1S/C24H26N2O4/c1-13-14(2)22-18(15(3)21(13)27)10-11-24(4,30-22)23(28)26-20-9-6-16-12-17(29-5)7-8-19(16)25-20/h6-9,12,27H,10-11H2,1-5H3,(H,25,26,28). The molecule has 0 spiro atoms. The third-order valence-electron chi connectivity index (χ3n) is 6.14. The van der Waals surface area contributed by atoms with Crippen LogP contribution in [0.2, 0.25) is 0 Å². The molecule has 6 heteroatoms. The highest BCUT2D eigenvalue weighted by Crippen LogP contribution is 2.43. The van der Waals surface area contributed by atoms with E-state index in [9.17, 15) is 9.90 Å². The first-order chi connectivity index (χ1) is 14.2. The van der Waals surface area contributed by atoms with Gasteiger partial charge < -0.3 is 19.9 Å². The summed E-state index contributed by atoms with van der Waals surface area (Å²) in [5.41, 5.74) is 3.18. The van der Waals surface area contributed by atoms with E-state index in [1.807, 2.05) is 45.0 Å². The van der Waals surface area contributed by atoms with E-state index >= 15 is 0 Å². The molecule has 0 bridgehead atoms. The number of rotatable bonds is 3. The number of hydrogen-bond donors (Lipinski definition) is 2. The summed E-state index contributed by atoms with van der Waals surface area (Å²) in [5.74, 6) is 2.00. The Morgan fingerprint density at radius 3 is 2.67 bits per heavy atom. The quantitative estimate of drug-likeness (QED) is 0.665. The molecular weight excluding hydrogens is 380 g/mol. The smallest absolute Gasteiger partial charge is 0.269 e. The van der Waals surface area contributed by atoms with Gasteiger partial charge in [0, 0.05) is 17.4 Å². The van der Waals surface area contributed by atoms with Crippen molar-refractivity contribution in [2.45, 2.75) is 46.1 Å². The Labute approximate surface area is 175 Å². The molecule has 156 valence electrons. The fourth-order valence-electron chi connectivity index (χ4n) is 3.96. The maximum Gasteiger partial charge on any atom is 0.269 e. The summed E-state index contributed by atoms with van der Waals surface area (Å²) < 4.78 is 11.5. The predicted molar refractivity (Wildman–Crippen MR) is 117 cm³/mol. The largest absolute Gasteiger partial charge is 0.507 e. The molecule has 0 radical (unpaired) electrons. The summed E-state index contributed by atoms with van der Waals surface area (Å²) in [7, 11) is 1.62. The second kappa shape index (κ2) is 7.20. The fourth-order valence-corrected chi connectivity index (χ4v) is 3.96. The van der Waals surface area contributed by atoms with Crippen molar-refractivity contribution in [2.24, 2.45) is 0 Å². The minimum atomic E-state index is -1.02. The first kappa shape index (κ1) is 20.0. The van der Waals surface area contributed by atoms with Gasteiger partial charge in [-0.1, -0.05) is 0 Å². The van der Waals surface area contributed by atoms with E-state index in [0.717, 1.165) is 38.9 Å². The van der Waals surface area contributed by atoms with Gasteiger partial charge in [-0.3, -0.25) is 4.79 Å². The Morgan fingerprint density at radius 2 is 1.93 bits per heavy atom. The number of aromatic hydroxyl groups is 1. The summed E-state index contributed by atoms with van der Waals surface area (Å²) in [6, 6.07) is 9.28. The van der Waals surface area contributed by atoms with Crippen LogP contribution in [0.25, 0.3) is 10.9 Å². The van der Waals surface area contributed by atoms with Gasteiger partial charge in [-0.25, -0.2) is 4.98 Å². The Bertz CT molecular complexity index is 1170. The first-order valence-electron chi connectivity index (χ1n) is 10.0. The molecular formula is C24H26N2O4. The van der Waals surface area contributed by atoms with Gasteiger partial charge in [0.1, 0.15) is 23.1 Å². The second-order valence-electron chi connectivity index (χ2n) is 8.07. The SMILES string of the molecule is COc1ccc2nc(NC(=O)C3(C)CCc4c(C)c(O)c(C)c(C)c4O3)ccc2c1. The minimum Gasteiger partial charge on any atom is -0.507 e. The van der Waals surface area contributed by atoms with E-state index < -0.39 is 5.60 Å². The Balaban J connectivity index is 1.60. The number of aromatic nitrogens is 1. The molecule has 3 aromatic rings. The average Bonchev–Trinajstić information content (AvgIpc) is 2.75. The van der Waals surface area contributed by atoms with Crippen molar-refractivity contribution in [1.82, 2.24) is 4.98 Å². The molecule has 0 saturated carbocycles. The van der Waals surface area contributed by atoms with Crippen LogP contribution in [0.4, 0.5) is 5.82 Å². The molecule has 1 atom stereocenters. The van der Waals surface area contributed by atoms with Crippen molar-refractivity contribution < 1.29 is 19.4 Å². The number of phenolic OH excluding ortho intramolecular Hbond substituents is 1. The molecule has 30 heavy (non-hydrogen) atoms. The number of pyridine rings is 1. The number of fused-ring (bicyclic) bond motifs is 2. The molecule has 0 aliphatic carbocycles. The van der Waals surface area contributed by atoms with Crippen LogP contribution in [-0.4, -0.2) is 28.7 Å². The number of ether oxygens (including phenoxy) is 2. The molecule has 2 aromatic carbocycles. The molecule has 1 aromatic heterocycles. The van der Waals surface area contributed by atoms with E-state index in [4.69, 9.17) is 9.47 Å². The van der Waals surface area contributed by atoms with Crippen LogP contribution in [0, 0.1) is 20.8 Å². The van der Waals surface area contributed by atoms with Gasteiger partial charge >= 0.3 is 0 Å². The van der Waals surface area contributed by atoms with Gasteiger partial charge in [-0.2, -0.15) is 0 Å². The molecule has 1 unspecified atom stereocenters. The minimum absolute atomic E-state index is 0.240. The van der Waals surface area contributed by atoms with Gasteiger partial charge in [-0.15, -0.1) is 0 Å². The number of amides is 1. The number of nitrogens with one attached hydrogen (secondary N) is 1. The van der Waals surface area contributed by atoms with Crippen molar-refractivity contribution in [3.63, 3.8) is 0 Å². The average molecular weight is 406 g/mol. The molecule has 1 aliphatic heterocycles. The normalized spacial score (nSPS) is 17.9. The Kier molecular flexibility index (Phi) is 4.80. The van der Waals surface area contributed by atoms with Crippen LogP contribution in [-0.2, 0) is 11.2 Å². The van der Waals surface area contributed by atoms with E-state index in [1.165, 1.54) is 0 Å². The van der Waals surface area contributed by atoms with Crippen LogP contribution in [0.5, 0.6) is 17.2 Å². The number of carbonyl (C=O) groups is 1. The van der Waals surface area contributed by atoms with Gasteiger partial charge in [0.25, 0.3) is 5.91 Å². The van der Waals surface area contributed by atoms with Crippen molar-refractivity contribution >= 4 is 22.6 Å². The van der Waals surface area contributed by atoms with Gasteiger partial charge in [0.2, 0.25) is 0 Å². The third-order valence-corrected chi connectivity index (χ3v) is 6.14. The summed E-state index contributed by atoms with van der Waals surface area (Å²) in [6.07, 6.45) is 1.17. The molecule has 1 amide bonds. The van der Waals surface area contributed by atoms with Crippen molar-refractivity contribution in [2.75, 3.05) is 12.4 Å². The van der Waals surface area contributed by atoms with E-state index in [0.29, 0.717) is 30.2 Å². The maximum atomic E-state index is 13.1. The van der Waals surface area contributed by atoms with Gasteiger partial charge in [0.05, 0.1) is 12.6 Å². The number of hydrogen-bond acceptors (Lipinski definition) is 5. The number of nitrogens with zero attached hydrogens (tertiary/aromatic N) is 1. The number of carbonyl (C=O) groups excluding carboxylic acids is 1. The fraction of sp³-hybridized carbons (Fsp3) is 0.333. The Morgan fingerprint density at radius 1 is 1.17 bits per heavy atom. The van der Waals surface area contributed by atoms with E-state index in [-0.39, 0.29) is 5.91 Å². The van der Waals surface area contributed by atoms with E-state index in [1.54, 1.807) is 20.1 Å². The van der Waals surface area contributed by atoms with Crippen LogP contribution in [0.1, 0.15) is 35.6 Å². The van der Waals surface area contributed by atoms with Crippen LogP contribution in [0.15, 0.2) is 30.3 Å². The zero-order chi connectivity index (χ0) is 21.6. The lowest BCUT2D eigenvalue weighted by Crippen LogP contribution is -2.48. The number of methoxy groups -OCH3 is 1. The highest BCUT2D eigenvalue weighted by molar-refractivity contribution is 5.97. The second-order valence-corrected chi connectivity index (χ2v) is 8.07. The molecule has 0 fully saturated rings. The Hall–Kier alpha value is -3.28. The topological polar surface area (TPSA) is 80.7 Å². The number of phenols is 1.